The Labute approximate surface area is 136 Å². The van der Waals surface area contributed by atoms with E-state index in [9.17, 15) is 0 Å². The van der Waals surface area contributed by atoms with E-state index in [0.29, 0.717) is 0 Å². The quantitative estimate of drug-likeness (QED) is 0.531. The molecule has 0 bridgehead atoms. The highest BCUT2D eigenvalue weighted by molar-refractivity contribution is 5.30. The summed E-state index contributed by atoms with van der Waals surface area (Å²) in [7, 11) is 0. The van der Waals surface area contributed by atoms with Gasteiger partial charge < -0.3 is 4.74 Å². The minimum absolute atomic E-state index is 0.752. The highest BCUT2D eigenvalue weighted by atomic mass is 16.5. The van der Waals surface area contributed by atoms with Crippen molar-refractivity contribution in [1.82, 2.24) is 0 Å². The Morgan fingerprint density at radius 3 is 2.36 bits per heavy atom. The van der Waals surface area contributed by atoms with E-state index in [1.165, 1.54) is 44.1 Å². The summed E-state index contributed by atoms with van der Waals surface area (Å²) < 4.78 is 5.74. The largest absolute Gasteiger partial charge is 0.462 e. The average molecular weight is 300 g/mol. The Morgan fingerprint density at radius 2 is 1.82 bits per heavy atom. The fraction of sp³-hybridized carbons (Fsp3) is 0.619. The molecule has 1 heteroatoms. The molecule has 1 unspecified atom stereocenters. The molecule has 2 rings (SSSR count). The molecule has 1 nitrogen and oxygen atoms in total. The Kier molecular flexibility index (Phi) is 6.54. The van der Waals surface area contributed by atoms with Gasteiger partial charge in [-0.05, 0) is 81.1 Å². The summed E-state index contributed by atoms with van der Waals surface area (Å²) in [4.78, 5) is 0. The van der Waals surface area contributed by atoms with Gasteiger partial charge in [-0.3, -0.25) is 0 Å². The molecular weight excluding hydrogens is 268 g/mol. The zero-order valence-corrected chi connectivity index (χ0v) is 14.8. The normalized spacial score (nSPS) is 24.1. The van der Waals surface area contributed by atoms with Gasteiger partial charge in [-0.1, -0.05) is 38.8 Å². The zero-order chi connectivity index (χ0) is 15.9. The van der Waals surface area contributed by atoms with E-state index in [-0.39, 0.29) is 0 Å². The molecule has 0 spiro atoms. The summed E-state index contributed by atoms with van der Waals surface area (Å²) in [5.41, 5.74) is 1.49. The molecule has 1 saturated carbocycles. The number of ether oxygens (including phenoxy) is 1. The maximum Gasteiger partial charge on any atom is 0.126 e. The summed E-state index contributed by atoms with van der Waals surface area (Å²) >= 11 is 0. The number of hydrogen-bond acceptors (Lipinski definition) is 1. The lowest BCUT2D eigenvalue weighted by atomic mass is 9.73. The van der Waals surface area contributed by atoms with Crippen LogP contribution in [0.4, 0.5) is 0 Å². The van der Waals surface area contributed by atoms with Gasteiger partial charge in [0.1, 0.15) is 5.75 Å². The van der Waals surface area contributed by atoms with E-state index >= 15 is 0 Å². The van der Waals surface area contributed by atoms with Gasteiger partial charge in [0.05, 0.1) is 5.76 Å². The minimum Gasteiger partial charge on any atom is -0.462 e. The summed E-state index contributed by atoms with van der Waals surface area (Å²) in [5, 5.41) is 0. The van der Waals surface area contributed by atoms with Crippen molar-refractivity contribution >= 4 is 0 Å². The van der Waals surface area contributed by atoms with Crippen LogP contribution in [0.1, 0.15) is 77.7 Å². The second kappa shape index (κ2) is 8.41. The Morgan fingerprint density at radius 1 is 1.18 bits per heavy atom. The van der Waals surface area contributed by atoms with Crippen molar-refractivity contribution < 1.29 is 4.74 Å². The van der Waals surface area contributed by atoms with Gasteiger partial charge in [-0.15, -0.1) is 0 Å². The van der Waals surface area contributed by atoms with Gasteiger partial charge in [-0.2, -0.15) is 0 Å². The molecule has 0 saturated heterocycles. The third-order valence-corrected chi connectivity index (χ3v) is 5.36. The first-order valence-electron chi connectivity index (χ1n) is 9.04. The van der Waals surface area contributed by atoms with Gasteiger partial charge >= 0.3 is 0 Å². The molecule has 0 aromatic heterocycles. The predicted molar refractivity (Wildman–Crippen MR) is 95.3 cm³/mol. The second-order valence-corrected chi connectivity index (χ2v) is 6.95. The Hall–Kier alpha value is -1.24. The first kappa shape index (κ1) is 17.1. The van der Waals surface area contributed by atoms with E-state index < -0.39 is 0 Å². The van der Waals surface area contributed by atoms with Crippen LogP contribution in [-0.4, -0.2) is 0 Å². The Bertz CT molecular complexity index is 463. The van der Waals surface area contributed by atoms with Crippen molar-refractivity contribution in [1.29, 1.82) is 0 Å². The van der Waals surface area contributed by atoms with Crippen molar-refractivity contribution in [2.45, 2.75) is 72.1 Å². The molecule has 1 aliphatic carbocycles. The molecular formula is C21H32O. The van der Waals surface area contributed by atoms with Crippen LogP contribution in [0.15, 0.2) is 36.1 Å². The van der Waals surface area contributed by atoms with Gasteiger partial charge in [0.15, 0.2) is 0 Å². The Balaban J connectivity index is 1.89. The lowest BCUT2D eigenvalue weighted by Gasteiger charge is -2.32. The summed E-state index contributed by atoms with van der Waals surface area (Å²) in [5.74, 6) is 4.52. The zero-order valence-electron chi connectivity index (χ0n) is 14.8. The molecule has 22 heavy (non-hydrogen) atoms. The van der Waals surface area contributed by atoms with Crippen LogP contribution in [0, 0.1) is 11.8 Å². The minimum atomic E-state index is 0.752. The lowest BCUT2D eigenvalue weighted by Crippen LogP contribution is -2.19. The van der Waals surface area contributed by atoms with Gasteiger partial charge in [-0.25, -0.2) is 0 Å². The molecule has 1 aromatic carbocycles. The highest BCUT2D eigenvalue weighted by Gasteiger charge is 2.25. The number of hydrogen-bond donors (Lipinski definition) is 0. The summed E-state index contributed by atoms with van der Waals surface area (Å²) in [6.07, 6.45) is 10.2. The van der Waals surface area contributed by atoms with E-state index in [2.05, 4.69) is 38.1 Å². The number of benzene rings is 1. The molecule has 1 aliphatic rings. The maximum absolute atomic E-state index is 5.74. The van der Waals surface area contributed by atoms with Crippen LogP contribution < -0.4 is 4.74 Å². The fourth-order valence-electron chi connectivity index (χ4n) is 3.77. The van der Waals surface area contributed by atoms with Gasteiger partial charge in [0.25, 0.3) is 0 Å². The maximum atomic E-state index is 5.74. The van der Waals surface area contributed by atoms with E-state index in [0.717, 1.165) is 29.3 Å². The molecule has 0 heterocycles. The SMILES string of the molecule is C/C=C(/C)Oc1ccc(C2CCC(C(C)CCC)CC2)cc1. The van der Waals surface area contributed by atoms with E-state index in [1.54, 1.807) is 0 Å². The molecule has 0 N–H and O–H groups in total. The molecule has 1 atom stereocenters. The molecule has 122 valence electrons. The first-order valence-corrected chi connectivity index (χ1v) is 9.04. The smallest absolute Gasteiger partial charge is 0.126 e. The van der Waals surface area contributed by atoms with Crippen LogP contribution in [0.25, 0.3) is 0 Å². The van der Waals surface area contributed by atoms with Crippen LogP contribution in [0.2, 0.25) is 0 Å². The van der Waals surface area contributed by atoms with Crippen molar-refractivity contribution in [3.05, 3.63) is 41.7 Å². The standard InChI is InChI=1S/C21H32O/c1-5-7-16(3)18-8-10-19(11-9-18)20-12-14-21(15-13-20)22-17(4)6-2/h6,12-16,18-19H,5,7-11H2,1-4H3/b17-6-. The van der Waals surface area contributed by atoms with Crippen LogP contribution in [0.5, 0.6) is 5.75 Å². The molecule has 0 amide bonds. The summed E-state index contributed by atoms with van der Waals surface area (Å²) in [6, 6.07) is 8.76. The second-order valence-electron chi connectivity index (χ2n) is 6.95. The fourth-order valence-corrected chi connectivity index (χ4v) is 3.77. The average Bonchev–Trinajstić information content (AvgIpc) is 2.56. The number of rotatable bonds is 6. The first-order chi connectivity index (χ1) is 10.6. The van der Waals surface area contributed by atoms with E-state index in [4.69, 9.17) is 4.74 Å². The van der Waals surface area contributed by atoms with Crippen LogP contribution in [0.3, 0.4) is 0 Å². The van der Waals surface area contributed by atoms with Gasteiger partial charge in [0, 0.05) is 0 Å². The van der Waals surface area contributed by atoms with Crippen molar-refractivity contribution in [2.75, 3.05) is 0 Å². The lowest BCUT2D eigenvalue weighted by molar-refractivity contribution is 0.234. The molecule has 0 aliphatic heterocycles. The van der Waals surface area contributed by atoms with Crippen LogP contribution >= 0.6 is 0 Å². The van der Waals surface area contributed by atoms with Gasteiger partial charge in [0.2, 0.25) is 0 Å². The highest BCUT2D eigenvalue weighted by Crippen LogP contribution is 2.40. The van der Waals surface area contributed by atoms with Crippen molar-refractivity contribution in [2.24, 2.45) is 11.8 Å². The summed E-state index contributed by atoms with van der Waals surface area (Å²) in [6.45, 7) is 8.75. The van der Waals surface area contributed by atoms with Crippen LogP contribution in [-0.2, 0) is 0 Å². The third kappa shape index (κ3) is 4.63. The molecule has 0 radical (unpaired) electrons. The molecule has 1 fully saturated rings. The third-order valence-electron chi connectivity index (χ3n) is 5.36. The monoisotopic (exact) mass is 300 g/mol. The topological polar surface area (TPSA) is 9.23 Å². The predicted octanol–water partition coefficient (Wildman–Crippen LogP) is 6.70. The van der Waals surface area contributed by atoms with Crippen molar-refractivity contribution in [3.8, 4) is 5.75 Å². The molecule has 1 aromatic rings. The van der Waals surface area contributed by atoms with Crippen molar-refractivity contribution in [3.63, 3.8) is 0 Å². The number of allylic oxidation sites excluding steroid dienone is 2. The van der Waals surface area contributed by atoms with E-state index in [1.807, 2.05) is 19.9 Å².